The van der Waals surface area contributed by atoms with E-state index in [1.54, 1.807) is 0 Å². The minimum Gasteiger partial charge on any atom is -0.383 e. The second-order valence-electron chi connectivity index (χ2n) is 12.3. The molecule has 3 nitrogen and oxygen atoms in total. The summed E-state index contributed by atoms with van der Waals surface area (Å²) in [7, 11) is -1.93. The lowest BCUT2D eigenvalue weighted by atomic mass is 9.34. The summed E-state index contributed by atoms with van der Waals surface area (Å²) >= 11 is 0. The Balaban J connectivity index is 1.40. The van der Waals surface area contributed by atoms with Crippen LogP contribution in [-0.4, -0.2) is 33.6 Å². The zero-order chi connectivity index (χ0) is 23.0. The van der Waals surface area contributed by atoms with Gasteiger partial charge in [0.2, 0.25) is 0 Å². The summed E-state index contributed by atoms with van der Waals surface area (Å²) in [5.74, 6) is 0.282. The molecule has 3 fully saturated rings. The van der Waals surface area contributed by atoms with E-state index in [1.165, 1.54) is 102 Å². The summed E-state index contributed by atoms with van der Waals surface area (Å²) in [5, 5.41) is 0.155. The molecule has 0 spiro atoms. The average Bonchev–Trinajstić information content (AvgIpc) is 3.09. The standard InChI is InChI=1S/C28H43BO3S/c1-26(14-6-3-2-4-7-15-26)22-32-28-18-9-5-8-16-27(29-28,17-10-19-28)24-11-12-25-23(21-24)13-20-33(25,30)31/h11-12,21,29H,2-10,13-20,22H2,1H3. The number of benzene rings is 1. The van der Waals surface area contributed by atoms with Gasteiger partial charge in [0.25, 0.3) is 0 Å². The van der Waals surface area contributed by atoms with Gasteiger partial charge in [0.15, 0.2) is 17.1 Å². The number of hydrogen-bond acceptors (Lipinski definition) is 3. The lowest BCUT2D eigenvalue weighted by Gasteiger charge is -2.50. The van der Waals surface area contributed by atoms with Crippen molar-refractivity contribution < 1.29 is 13.2 Å². The van der Waals surface area contributed by atoms with Gasteiger partial charge in [-0.25, -0.2) is 8.42 Å². The second-order valence-corrected chi connectivity index (χ2v) is 14.4. The maximum Gasteiger partial charge on any atom is 0.178 e. The van der Waals surface area contributed by atoms with Crippen LogP contribution in [0, 0.1) is 5.41 Å². The molecule has 1 saturated carbocycles. The molecule has 5 rings (SSSR count). The van der Waals surface area contributed by atoms with Gasteiger partial charge in [0.1, 0.15) is 0 Å². The first-order valence-corrected chi connectivity index (χ1v) is 15.5. The van der Waals surface area contributed by atoms with E-state index < -0.39 is 9.84 Å². The van der Waals surface area contributed by atoms with Crippen molar-refractivity contribution >= 4 is 17.1 Å². The topological polar surface area (TPSA) is 43.4 Å². The van der Waals surface area contributed by atoms with Gasteiger partial charge in [-0.15, -0.1) is 0 Å². The molecular formula is C28H43BO3S. The molecule has 0 amide bonds. The Kier molecular flexibility index (Phi) is 6.77. The van der Waals surface area contributed by atoms with Gasteiger partial charge >= 0.3 is 0 Å². The van der Waals surface area contributed by atoms with Gasteiger partial charge in [0.05, 0.1) is 17.3 Å². The molecule has 2 saturated heterocycles. The van der Waals surface area contributed by atoms with Crippen molar-refractivity contribution in [2.75, 3.05) is 12.4 Å². The Morgan fingerprint density at radius 2 is 1.48 bits per heavy atom. The Labute approximate surface area is 202 Å². The summed E-state index contributed by atoms with van der Waals surface area (Å²) in [6.45, 7) is 3.40. The summed E-state index contributed by atoms with van der Waals surface area (Å²) in [4.78, 5) is 0.587. The van der Waals surface area contributed by atoms with Gasteiger partial charge < -0.3 is 4.74 Å². The van der Waals surface area contributed by atoms with E-state index in [-0.39, 0.29) is 16.6 Å². The zero-order valence-corrected chi connectivity index (χ0v) is 21.6. The third kappa shape index (κ3) is 4.96. The molecule has 1 aliphatic carbocycles. The third-order valence-corrected chi connectivity index (χ3v) is 11.5. The van der Waals surface area contributed by atoms with E-state index in [0.717, 1.165) is 19.4 Å². The van der Waals surface area contributed by atoms with E-state index in [0.29, 0.717) is 16.7 Å². The van der Waals surface area contributed by atoms with Crippen LogP contribution in [0.3, 0.4) is 0 Å². The Hall–Kier alpha value is -0.805. The number of ether oxygens (including phenoxy) is 1. The number of rotatable bonds is 4. The molecule has 1 aromatic carbocycles. The largest absolute Gasteiger partial charge is 0.383 e. The summed E-state index contributed by atoms with van der Waals surface area (Å²) in [5.41, 5.74) is 2.79. The fourth-order valence-corrected chi connectivity index (χ4v) is 9.18. The average molecular weight is 471 g/mol. The molecule has 1 aromatic rings. The van der Waals surface area contributed by atoms with Gasteiger partial charge in [-0.05, 0) is 60.0 Å². The molecule has 5 heteroatoms. The summed E-state index contributed by atoms with van der Waals surface area (Å²) in [6.07, 6.45) is 20.1. The van der Waals surface area contributed by atoms with Crippen LogP contribution < -0.4 is 0 Å². The zero-order valence-electron chi connectivity index (χ0n) is 20.8. The molecule has 0 N–H and O–H groups in total. The van der Waals surface area contributed by atoms with Crippen molar-refractivity contribution in [1.82, 2.24) is 0 Å². The molecule has 3 aliphatic heterocycles. The monoisotopic (exact) mass is 470 g/mol. The molecule has 182 valence electrons. The van der Waals surface area contributed by atoms with Crippen molar-refractivity contribution in [1.29, 1.82) is 0 Å². The highest BCUT2D eigenvalue weighted by Gasteiger charge is 2.49. The highest BCUT2D eigenvalue weighted by atomic mass is 32.2. The van der Waals surface area contributed by atoms with Crippen LogP contribution in [0.2, 0.25) is 0 Å². The lowest BCUT2D eigenvalue weighted by molar-refractivity contribution is -0.0581. The second kappa shape index (κ2) is 9.34. The van der Waals surface area contributed by atoms with Crippen molar-refractivity contribution in [3.63, 3.8) is 0 Å². The fourth-order valence-electron chi connectivity index (χ4n) is 7.64. The van der Waals surface area contributed by atoms with Crippen LogP contribution >= 0.6 is 0 Å². The minimum atomic E-state index is -3.06. The number of sulfone groups is 1. The van der Waals surface area contributed by atoms with Crippen LogP contribution in [-0.2, 0) is 26.3 Å². The number of hydrogen-bond donors (Lipinski definition) is 0. The Morgan fingerprint density at radius 3 is 2.30 bits per heavy atom. The predicted octanol–water partition coefficient (Wildman–Crippen LogP) is 6.26. The third-order valence-electron chi connectivity index (χ3n) is 9.67. The van der Waals surface area contributed by atoms with Crippen LogP contribution in [0.1, 0.15) is 114 Å². The smallest absolute Gasteiger partial charge is 0.178 e. The van der Waals surface area contributed by atoms with E-state index in [1.807, 2.05) is 6.07 Å². The normalized spacial score (nSPS) is 33.6. The Bertz CT molecular complexity index is 950. The van der Waals surface area contributed by atoms with Crippen molar-refractivity contribution in [3.05, 3.63) is 29.3 Å². The van der Waals surface area contributed by atoms with Crippen LogP contribution in [0.5, 0.6) is 0 Å². The molecular weight excluding hydrogens is 427 g/mol. The predicted molar refractivity (Wildman–Crippen MR) is 137 cm³/mol. The quantitative estimate of drug-likeness (QED) is 0.488. The van der Waals surface area contributed by atoms with Crippen molar-refractivity contribution in [2.45, 2.75) is 125 Å². The molecule has 2 bridgehead atoms. The lowest BCUT2D eigenvalue weighted by Crippen LogP contribution is -2.55. The first-order valence-electron chi connectivity index (χ1n) is 13.8. The SMILES string of the molecule is CC1(COC23BC(c4ccc5c(c4)CCS5(=O)=O)(CCCCC2)CCC3)CCCCCCC1. The van der Waals surface area contributed by atoms with Gasteiger partial charge in [0, 0.05) is 5.50 Å². The highest BCUT2D eigenvalue weighted by Crippen LogP contribution is 2.48. The van der Waals surface area contributed by atoms with E-state index in [4.69, 9.17) is 4.74 Å². The molecule has 0 aromatic heterocycles. The van der Waals surface area contributed by atoms with Gasteiger partial charge in [-0.3, -0.25) is 0 Å². The van der Waals surface area contributed by atoms with E-state index >= 15 is 0 Å². The minimum absolute atomic E-state index is 0.00906. The fraction of sp³-hybridized carbons (Fsp3) is 0.786. The maximum absolute atomic E-state index is 12.4. The molecule has 0 radical (unpaired) electrons. The van der Waals surface area contributed by atoms with Crippen molar-refractivity contribution in [3.8, 4) is 0 Å². The van der Waals surface area contributed by atoms with E-state index in [2.05, 4.69) is 19.1 Å². The molecule has 2 unspecified atom stereocenters. The number of aryl methyl sites for hydroxylation is 1. The summed E-state index contributed by atoms with van der Waals surface area (Å²) in [6, 6.07) is 6.36. The van der Waals surface area contributed by atoms with Gasteiger partial charge in [-0.2, -0.15) is 0 Å². The first kappa shape index (κ1) is 23.9. The first-order chi connectivity index (χ1) is 15.8. The molecule has 4 aliphatic rings. The van der Waals surface area contributed by atoms with Crippen molar-refractivity contribution in [2.24, 2.45) is 5.41 Å². The van der Waals surface area contributed by atoms with Crippen LogP contribution in [0.4, 0.5) is 0 Å². The highest BCUT2D eigenvalue weighted by molar-refractivity contribution is 7.91. The molecule has 33 heavy (non-hydrogen) atoms. The van der Waals surface area contributed by atoms with E-state index in [9.17, 15) is 8.42 Å². The molecule has 2 atom stereocenters. The van der Waals surface area contributed by atoms with Crippen LogP contribution in [0.25, 0.3) is 0 Å². The van der Waals surface area contributed by atoms with Crippen LogP contribution in [0.15, 0.2) is 23.1 Å². The Morgan fingerprint density at radius 1 is 0.848 bits per heavy atom. The summed E-state index contributed by atoms with van der Waals surface area (Å²) < 4.78 is 31.9. The van der Waals surface area contributed by atoms with Gasteiger partial charge in [-0.1, -0.05) is 89.7 Å². The maximum atomic E-state index is 12.4. The number of fused-ring (bicyclic) bond motifs is 3. The molecule has 3 heterocycles.